The van der Waals surface area contributed by atoms with E-state index >= 15 is 0 Å². The van der Waals surface area contributed by atoms with Gasteiger partial charge in [-0.3, -0.25) is 9.78 Å². The molecule has 4 heteroatoms. The number of hydrogen-bond donors (Lipinski definition) is 1. The molecule has 1 unspecified atom stereocenters. The molecule has 1 aromatic rings. The molecule has 0 bridgehead atoms. The summed E-state index contributed by atoms with van der Waals surface area (Å²) in [4.78, 5) is 15.3. The van der Waals surface area contributed by atoms with E-state index in [0.717, 1.165) is 19.0 Å². The standard InChI is InChI=1S/C11H13FN2O/c12-9-3-8(5-14-6-9)11(15)4-10(13)7-1-2-7/h3,5-7,10H,1-2,4,13H2. The fourth-order valence-electron chi connectivity index (χ4n) is 1.59. The number of carbonyl (C=O) groups is 1. The highest BCUT2D eigenvalue weighted by Gasteiger charge is 2.30. The van der Waals surface area contributed by atoms with E-state index in [0.29, 0.717) is 11.5 Å². The lowest BCUT2D eigenvalue weighted by molar-refractivity contribution is 0.0970. The van der Waals surface area contributed by atoms with Crippen molar-refractivity contribution in [2.45, 2.75) is 25.3 Å². The van der Waals surface area contributed by atoms with Crippen molar-refractivity contribution in [2.24, 2.45) is 11.7 Å². The molecule has 0 amide bonds. The molecule has 2 N–H and O–H groups in total. The van der Waals surface area contributed by atoms with Crippen LogP contribution >= 0.6 is 0 Å². The predicted octanol–water partition coefficient (Wildman–Crippen LogP) is 1.53. The van der Waals surface area contributed by atoms with Gasteiger partial charge in [0.15, 0.2) is 5.78 Å². The van der Waals surface area contributed by atoms with Gasteiger partial charge in [0.05, 0.1) is 6.20 Å². The van der Waals surface area contributed by atoms with Gasteiger partial charge in [0, 0.05) is 24.2 Å². The van der Waals surface area contributed by atoms with Gasteiger partial charge in [-0.25, -0.2) is 4.39 Å². The van der Waals surface area contributed by atoms with E-state index in [1.54, 1.807) is 0 Å². The first-order valence-electron chi connectivity index (χ1n) is 5.06. The molecule has 1 aliphatic carbocycles. The second-order valence-corrected chi connectivity index (χ2v) is 4.02. The predicted molar refractivity (Wildman–Crippen MR) is 53.8 cm³/mol. The maximum absolute atomic E-state index is 12.8. The number of halogens is 1. The molecule has 1 fully saturated rings. The Balaban J connectivity index is 2.00. The van der Waals surface area contributed by atoms with E-state index in [1.165, 1.54) is 12.3 Å². The average molecular weight is 208 g/mol. The van der Waals surface area contributed by atoms with Gasteiger partial charge in [-0.1, -0.05) is 0 Å². The minimum atomic E-state index is -0.485. The molecule has 1 aliphatic rings. The molecule has 15 heavy (non-hydrogen) atoms. The molecule has 0 spiro atoms. The number of nitrogens with zero attached hydrogens (tertiary/aromatic N) is 1. The lowest BCUT2D eigenvalue weighted by Gasteiger charge is -2.08. The molecule has 1 atom stereocenters. The fraction of sp³-hybridized carbons (Fsp3) is 0.455. The summed E-state index contributed by atoms with van der Waals surface area (Å²) in [6.45, 7) is 0. The van der Waals surface area contributed by atoms with Gasteiger partial charge in [-0.2, -0.15) is 0 Å². The Morgan fingerprint density at radius 2 is 2.33 bits per heavy atom. The van der Waals surface area contributed by atoms with Crippen molar-refractivity contribution in [1.82, 2.24) is 4.98 Å². The summed E-state index contributed by atoms with van der Waals surface area (Å²) in [7, 11) is 0. The summed E-state index contributed by atoms with van der Waals surface area (Å²) in [6.07, 6.45) is 4.96. The second kappa shape index (κ2) is 4.06. The topological polar surface area (TPSA) is 56.0 Å². The fourth-order valence-corrected chi connectivity index (χ4v) is 1.59. The average Bonchev–Trinajstić information content (AvgIpc) is 3.00. The van der Waals surface area contributed by atoms with E-state index in [1.807, 2.05) is 0 Å². The number of Topliss-reactive ketones (excluding diaryl/α,β-unsaturated/α-hetero) is 1. The van der Waals surface area contributed by atoms with Gasteiger partial charge >= 0.3 is 0 Å². The SMILES string of the molecule is NC(CC(=O)c1cncc(F)c1)C1CC1. The Kier molecular flexibility index (Phi) is 2.77. The Morgan fingerprint density at radius 1 is 1.60 bits per heavy atom. The Labute approximate surface area is 87.5 Å². The Bertz CT molecular complexity index is 377. The number of rotatable bonds is 4. The third kappa shape index (κ3) is 2.59. The largest absolute Gasteiger partial charge is 0.327 e. The minimum Gasteiger partial charge on any atom is -0.327 e. The third-order valence-electron chi connectivity index (χ3n) is 2.68. The molecule has 2 rings (SSSR count). The van der Waals surface area contributed by atoms with Crippen LogP contribution in [0, 0.1) is 11.7 Å². The van der Waals surface area contributed by atoms with Crippen molar-refractivity contribution in [1.29, 1.82) is 0 Å². The van der Waals surface area contributed by atoms with Crippen molar-refractivity contribution in [3.8, 4) is 0 Å². The summed E-state index contributed by atoms with van der Waals surface area (Å²) in [5, 5.41) is 0. The zero-order chi connectivity index (χ0) is 10.8. The maximum Gasteiger partial charge on any atom is 0.166 e. The molecule has 1 saturated carbocycles. The van der Waals surface area contributed by atoms with E-state index in [-0.39, 0.29) is 18.2 Å². The van der Waals surface area contributed by atoms with Gasteiger partial charge in [0.1, 0.15) is 5.82 Å². The maximum atomic E-state index is 12.8. The van der Waals surface area contributed by atoms with Crippen LogP contribution in [0.5, 0.6) is 0 Å². The number of carbonyl (C=O) groups excluding carboxylic acids is 1. The highest BCUT2D eigenvalue weighted by atomic mass is 19.1. The first-order chi connectivity index (χ1) is 7.16. The highest BCUT2D eigenvalue weighted by molar-refractivity contribution is 5.96. The number of pyridine rings is 1. The molecule has 0 aliphatic heterocycles. The minimum absolute atomic E-state index is 0.0826. The summed E-state index contributed by atoms with van der Waals surface area (Å²) < 4.78 is 12.8. The molecular weight excluding hydrogens is 195 g/mol. The van der Waals surface area contributed by atoms with Gasteiger partial charge in [0.2, 0.25) is 0 Å². The van der Waals surface area contributed by atoms with Crippen molar-refractivity contribution in [3.05, 3.63) is 29.8 Å². The molecule has 80 valence electrons. The number of hydrogen-bond acceptors (Lipinski definition) is 3. The summed E-state index contributed by atoms with van der Waals surface area (Å²) in [5.74, 6) is -0.127. The van der Waals surface area contributed by atoms with Crippen LogP contribution < -0.4 is 5.73 Å². The molecule has 0 radical (unpaired) electrons. The molecule has 0 saturated heterocycles. The quantitative estimate of drug-likeness (QED) is 0.763. The van der Waals surface area contributed by atoms with Crippen LogP contribution in [0.15, 0.2) is 18.5 Å². The molecular formula is C11H13FN2O. The third-order valence-corrected chi connectivity index (χ3v) is 2.68. The van der Waals surface area contributed by atoms with Crippen LogP contribution in [-0.4, -0.2) is 16.8 Å². The van der Waals surface area contributed by atoms with Gasteiger partial charge in [-0.05, 0) is 24.8 Å². The number of nitrogens with two attached hydrogens (primary N) is 1. The Hall–Kier alpha value is -1.29. The van der Waals surface area contributed by atoms with Crippen molar-refractivity contribution in [2.75, 3.05) is 0 Å². The van der Waals surface area contributed by atoms with Gasteiger partial charge < -0.3 is 5.73 Å². The van der Waals surface area contributed by atoms with Gasteiger partial charge in [-0.15, -0.1) is 0 Å². The first-order valence-corrected chi connectivity index (χ1v) is 5.06. The van der Waals surface area contributed by atoms with Crippen LogP contribution in [0.25, 0.3) is 0 Å². The monoisotopic (exact) mass is 208 g/mol. The molecule has 1 aromatic heterocycles. The van der Waals surface area contributed by atoms with Crippen molar-refractivity contribution in [3.63, 3.8) is 0 Å². The highest BCUT2D eigenvalue weighted by Crippen LogP contribution is 2.33. The van der Waals surface area contributed by atoms with Crippen LogP contribution in [0.4, 0.5) is 4.39 Å². The normalized spacial score (nSPS) is 17.5. The van der Waals surface area contributed by atoms with Crippen molar-refractivity contribution < 1.29 is 9.18 Å². The zero-order valence-electron chi connectivity index (χ0n) is 8.32. The molecule has 0 aromatic carbocycles. The second-order valence-electron chi connectivity index (χ2n) is 4.02. The lowest BCUT2D eigenvalue weighted by Crippen LogP contribution is -2.26. The summed E-state index contributed by atoms with van der Waals surface area (Å²) >= 11 is 0. The summed E-state index contributed by atoms with van der Waals surface area (Å²) in [6, 6.07) is 1.12. The van der Waals surface area contributed by atoms with E-state index in [4.69, 9.17) is 5.73 Å². The van der Waals surface area contributed by atoms with Crippen LogP contribution in [0.2, 0.25) is 0 Å². The Morgan fingerprint density at radius 3 is 2.93 bits per heavy atom. The van der Waals surface area contributed by atoms with Gasteiger partial charge in [0.25, 0.3) is 0 Å². The summed E-state index contributed by atoms with van der Waals surface area (Å²) in [5.41, 5.74) is 6.13. The van der Waals surface area contributed by atoms with E-state index < -0.39 is 5.82 Å². The van der Waals surface area contributed by atoms with E-state index in [9.17, 15) is 9.18 Å². The van der Waals surface area contributed by atoms with Crippen LogP contribution in [0.1, 0.15) is 29.6 Å². The molecule has 1 heterocycles. The zero-order valence-corrected chi connectivity index (χ0v) is 8.32. The van der Waals surface area contributed by atoms with Crippen molar-refractivity contribution >= 4 is 5.78 Å². The smallest absolute Gasteiger partial charge is 0.166 e. The lowest BCUT2D eigenvalue weighted by atomic mass is 10.0. The van der Waals surface area contributed by atoms with Crippen LogP contribution in [-0.2, 0) is 0 Å². The number of aromatic nitrogens is 1. The molecule has 3 nitrogen and oxygen atoms in total. The number of ketones is 1. The van der Waals surface area contributed by atoms with E-state index in [2.05, 4.69) is 4.98 Å². The first kappa shape index (κ1) is 10.2. The van der Waals surface area contributed by atoms with Crippen LogP contribution in [0.3, 0.4) is 0 Å².